The van der Waals surface area contributed by atoms with Crippen molar-refractivity contribution in [1.29, 1.82) is 0 Å². The van der Waals surface area contributed by atoms with Gasteiger partial charge in [0.1, 0.15) is 5.75 Å². The monoisotopic (exact) mass is 278 g/mol. The quantitative estimate of drug-likeness (QED) is 0.893. The van der Waals surface area contributed by atoms with Crippen LogP contribution >= 0.6 is 0 Å². The second kappa shape index (κ2) is 6.95. The molecule has 0 unspecified atom stereocenters. The molecule has 0 bridgehead atoms. The van der Waals surface area contributed by atoms with Crippen LogP contribution < -0.4 is 9.64 Å². The molecule has 0 spiro atoms. The minimum Gasteiger partial charge on any atom is -0.492 e. The maximum atomic E-state index is 9.69. The Balaban J connectivity index is 2.00. The maximum Gasteiger partial charge on any atom is 0.142 e. The molecule has 4 nitrogen and oxygen atoms in total. The van der Waals surface area contributed by atoms with Gasteiger partial charge < -0.3 is 14.7 Å². The molecular formula is C16H26N2O2. The summed E-state index contributed by atoms with van der Waals surface area (Å²) in [7, 11) is 0. The molecular weight excluding hydrogens is 252 g/mol. The van der Waals surface area contributed by atoms with Crippen LogP contribution in [0.4, 0.5) is 5.69 Å². The molecule has 0 aliphatic carbocycles. The summed E-state index contributed by atoms with van der Waals surface area (Å²) in [5.41, 5.74) is 1.18. The van der Waals surface area contributed by atoms with Crippen LogP contribution in [0.1, 0.15) is 20.8 Å². The van der Waals surface area contributed by atoms with Gasteiger partial charge in [0.05, 0.1) is 18.4 Å². The van der Waals surface area contributed by atoms with E-state index in [0.29, 0.717) is 6.61 Å². The van der Waals surface area contributed by atoms with E-state index >= 15 is 0 Å². The van der Waals surface area contributed by atoms with E-state index in [2.05, 4.69) is 28.9 Å². The summed E-state index contributed by atoms with van der Waals surface area (Å²) in [6, 6.07) is 8.45. The molecule has 1 aromatic carbocycles. The Kier molecular flexibility index (Phi) is 5.26. The largest absolute Gasteiger partial charge is 0.492 e. The van der Waals surface area contributed by atoms with Gasteiger partial charge in [-0.25, -0.2) is 0 Å². The zero-order valence-electron chi connectivity index (χ0n) is 12.7. The Morgan fingerprint density at radius 2 is 1.80 bits per heavy atom. The molecule has 0 amide bonds. The Morgan fingerprint density at radius 3 is 2.40 bits per heavy atom. The normalized spacial score (nSPS) is 19.7. The molecule has 1 saturated heterocycles. The predicted octanol–water partition coefficient (Wildman–Crippen LogP) is 1.98. The third kappa shape index (κ3) is 3.44. The molecule has 1 N–H and O–H groups in total. The molecule has 2 rings (SSSR count). The van der Waals surface area contributed by atoms with Crippen molar-refractivity contribution in [2.75, 3.05) is 37.7 Å². The molecule has 20 heavy (non-hydrogen) atoms. The van der Waals surface area contributed by atoms with E-state index in [1.165, 1.54) is 5.69 Å². The standard InChI is InChI=1S/C16H26N2O2/c1-4-20-16-8-6-5-7-15(16)18-11-9-17(10-12-18)13(2)14(3)19/h5-8,13-14,19H,4,9-12H2,1-3H3/t13-,14-/m0/s1. The van der Waals surface area contributed by atoms with Gasteiger partial charge >= 0.3 is 0 Å². The number of piperazine rings is 1. The molecule has 1 aliphatic heterocycles. The summed E-state index contributed by atoms with van der Waals surface area (Å²) in [5, 5.41) is 9.69. The van der Waals surface area contributed by atoms with Crippen molar-refractivity contribution < 1.29 is 9.84 Å². The van der Waals surface area contributed by atoms with Crippen LogP contribution in [0.2, 0.25) is 0 Å². The summed E-state index contributed by atoms with van der Waals surface area (Å²) in [6.07, 6.45) is -0.280. The third-order valence-corrected chi connectivity index (χ3v) is 4.09. The highest BCUT2D eigenvalue weighted by Crippen LogP contribution is 2.29. The lowest BCUT2D eigenvalue weighted by atomic mass is 10.1. The summed E-state index contributed by atoms with van der Waals surface area (Å²) >= 11 is 0. The van der Waals surface area contributed by atoms with Gasteiger partial charge in [0, 0.05) is 32.2 Å². The van der Waals surface area contributed by atoms with E-state index in [4.69, 9.17) is 4.74 Å². The molecule has 1 aliphatic rings. The van der Waals surface area contributed by atoms with Crippen molar-refractivity contribution in [3.63, 3.8) is 0 Å². The lowest BCUT2D eigenvalue weighted by Gasteiger charge is -2.40. The van der Waals surface area contributed by atoms with Gasteiger partial charge in [-0.1, -0.05) is 12.1 Å². The number of benzene rings is 1. The molecule has 0 saturated carbocycles. The van der Waals surface area contributed by atoms with E-state index in [1.807, 2.05) is 26.0 Å². The Bertz CT molecular complexity index is 415. The smallest absolute Gasteiger partial charge is 0.142 e. The van der Waals surface area contributed by atoms with Gasteiger partial charge in [-0.2, -0.15) is 0 Å². The summed E-state index contributed by atoms with van der Waals surface area (Å²) in [5.74, 6) is 0.965. The van der Waals surface area contributed by atoms with Gasteiger partial charge in [0.25, 0.3) is 0 Å². The van der Waals surface area contributed by atoms with E-state index in [1.54, 1.807) is 0 Å². The SMILES string of the molecule is CCOc1ccccc1N1CCN([C@@H](C)[C@H](C)O)CC1. The van der Waals surface area contributed by atoms with Crippen LogP contribution in [0.3, 0.4) is 0 Å². The van der Waals surface area contributed by atoms with Crippen LogP contribution in [0.15, 0.2) is 24.3 Å². The van der Waals surface area contributed by atoms with Crippen LogP contribution in [0.25, 0.3) is 0 Å². The average molecular weight is 278 g/mol. The molecule has 1 fully saturated rings. The Labute approximate surface area is 122 Å². The van der Waals surface area contributed by atoms with Crippen molar-refractivity contribution >= 4 is 5.69 Å². The minimum absolute atomic E-state index is 0.222. The highest BCUT2D eigenvalue weighted by Gasteiger charge is 2.24. The average Bonchev–Trinajstić information content (AvgIpc) is 2.47. The highest BCUT2D eigenvalue weighted by molar-refractivity contribution is 5.58. The number of hydrogen-bond acceptors (Lipinski definition) is 4. The third-order valence-electron chi connectivity index (χ3n) is 4.09. The minimum atomic E-state index is -0.280. The lowest BCUT2D eigenvalue weighted by molar-refractivity contribution is 0.0672. The molecule has 1 heterocycles. The number of aliphatic hydroxyl groups is 1. The number of rotatable bonds is 5. The second-order valence-corrected chi connectivity index (χ2v) is 5.40. The molecule has 1 aromatic rings. The zero-order valence-corrected chi connectivity index (χ0v) is 12.7. The number of hydrogen-bond donors (Lipinski definition) is 1. The topological polar surface area (TPSA) is 35.9 Å². The number of nitrogens with zero attached hydrogens (tertiary/aromatic N) is 2. The van der Waals surface area contributed by atoms with Gasteiger partial charge in [-0.3, -0.25) is 4.90 Å². The first-order chi connectivity index (χ1) is 9.63. The van der Waals surface area contributed by atoms with Crippen LogP contribution in [-0.4, -0.2) is 54.9 Å². The molecule has 4 heteroatoms. The highest BCUT2D eigenvalue weighted by atomic mass is 16.5. The first-order valence-electron chi connectivity index (χ1n) is 7.52. The number of ether oxygens (including phenoxy) is 1. The van der Waals surface area contributed by atoms with Crippen molar-refractivity contribution in [2.45, 2.75) is 32.9 Å². The summed E-state index contributed by atoms with van der Waals surface area (Å²) in [4.78, 5) is 4.72. The molecule has 2 atom stereocenters. The predicted molar refractivity (Wildman–Crippen MR) is 82.5 cm³/mol. The van der Waals surface area contributed by atoms with Gasteiger partial charge in [0.15, 0.2) is 0 Å². The van der Waals surface area contributed by atoms with E-state index in [-0.39, 0.29) is 12.1 Å². The molecule has 0 radical (unpaired) electrons. The molecule has 0 aromatic heterocycles. The second-order valence-electron chi connectivity index (χ2n) is 5.40. The first-order valence-corrected chi connectivity index (χ1v) is 7.52. The number of aliphatic hydroxyl groups excluding tert-OH is 1. The fourth-order valence-electron chi connectivity index (χ4n) is 2.67. The van der Waals surface area contributed by atoms with Crippen LogP contribution in [0.5, 0.6) is 5.75 Å². The molecule has 112 valence electrons. The van der Waals surface area contributed by atoms with Crippen LogP contribution in [0, 0.1) is 0 Å². The number of anilines is 1. The van der Waals surface area contributed by atoms with Gasteiger partial charge in [-0.05, 0) is 32.9 Å². The van der Waals surface area contributed by atoms with Gasteiger partial charge in [-0.15, -0.1) is 0 Å². The maximum absolute atomic E-state index is 9.69. The van der Waals surface area contributed by atoms with E-state index < -0.39 is 0 Å². The first kappa shape index (κ1) is 15.1. The van der Waals surface area contributed by atoms with Crippen molar-refractivity contribution in [3.8, 4) is 5.75 Å². The summed E-state index contributed by atoms with van der Waals surface area (Å²) < 4.78 is 5.71. The van der Waals surface area contributed by atoms with Crippen molar-refractivity contribution in [3.05, 3.63) is 24.3 Å². The zero-order chi connectivity index (χ0) is 14.5. The van der Waals surface area contributed by atoms with Crippen LogP contribution in [-0.2, 0) is 0 Å². The fraction of sp³-hybridized carbons (Fsp3) is 0.625. The van der Waals surface area contributed by atoms with E-state index in [9.17, 15) is 5.11 Å². The fourth-order valence-corrected chi connectivity index (χ4v) is 2.67. The van der Waals surface area contributed by atoms with Crippen molar-refractivity contribution in [1.82, 2.24) is 4.90 Å². The van der Waals surface area contributed by atoms with E-state index in [0.717, 1.165) is 31.9 Å². The van der Waals surface area contributed by atoms with Crippen molar-refractivity contribution in [2.24, 2.45) is 0 Å². The number of para-hydroxylation sites is 2. The van der Waals surface area contributed by atoms with Gasteiger partial charge in [0.2, 0.25) is 0 Å². The Hall–Kier alpha value is -1.26. The lowest BCUT2D eigenvalue weighted by Crippen LogP contribution is -2.52. The summed E-state index contributed by atoms with van der Waals surface area (Å²) in [6.45, 7) is 10.6. The Morgan fingerprint density at radius 1 is 1.15 bits per heavy atom.